The van der Waals surface area contributed by atoms with Crippen molar-refractivity contribution in [2.75, 3.05) is 17.5 Å². The van der Waals surface area contributed by atoms with Crippen molar-refractivity contribution in [3.8, 4) is 5.75 Å². The van der Waals surface area contributed by atoms with E-state index in [0.717, 1.165) is 43.2 Å². The van der Waals surface area contributed by atoms with E-state index < -0.39 is 26.8 Å². The van der Waals surface area contributed by atoms with E-state index in [2.05, 4.69) is 22.0 Å². The van der Waals surface area contributed by atoms with Crippen LogP contribution in [-0.4, -0.2) is 42.7 Å². The second-order valence-corrected chi connectivity index (χ2v) is 11.0. The molecule has 2 aliphatic heterocycles. The monoisotopic (exact) mass is 517 g/mol. The van der Waals surface area contributed by atoms with Gasteiger partial charge in [0.2, 0.25) is 0 Å². The second-order valence-electron chi connectivity index (χ2n) is 8.53. The summed E-state index contributed by atoms with van der Waals surface area (Å²) in [7, 11) is -4.77. The number of carbonyl (C=O) groups is 1. The molecule has 184 valence electrons. The Morgan fingerprint density at radius 1 is 1.17 bits per heavy atom. The van der Waals surface area contributed by atoms with Crippen LogP contribution in [0.3, 0.4) is 0 Å². The number of nitrogens with zero attached hydrogens (tertiary/aromatic N) is 3. The summed E-state index contributed by atoms with van der Waals surface area (Å²) in [6.07, 6.45) is 1.96. The van der Waals surface area contributed by atoms with E-state index in [1.165, 1.54) is 22.5 Å². The largest absolute Gasteiger partial charge is 0.493 e. The molecule has 0 bridgehead atoms. The second kappa shape index (κ2) is 9.56. The van der Waals surface area contributed by atoms with Gasteiger partial charge in [0.25, 0.3) is 10.0 Å². The van der Waals surface area contributed by atoms with E-state index in [9.17, 15) is 18.3 Å². The van der Waals surface area contributed by atoms with E-state index in [-0.39, 0.29) is 28.0 Å². The number of thiazole rings is 1. The van der Waals surface area contributed by atoms with Crippen LogP contribution in [0, 0.1) is 5.82 Å². The number of anilines is 1. The van der Waals surface area contributed by atoms with E-state index >= 15 is 4.39 Å². The minimum Gasteiger partial charge on any atom is -0.493 e. The van der Waals surface area contributed by atoms with E-state index in [0.29, 0.717) is 18.6 Å². The number of aromatic nitrogens is 1. The first kappa shape index (κ1) is 23.7. The number of carboxylic acid groups (broad SMARTS) is 1. The van der Waals surface area contributed by atoms with Crippen molar-refractivity contribution in [1.82, 2.24) is 9.88 Å². The third-order valence-electron chi connectivity index (χ3n) is 6.52. The fourth-order valence-corrected chi connectivity index (χ4v) is 6.90. The van der Waals surface area contributed by atoms with Gasteiger partial charge in [0.1, 0.15) is 16.5 Å². The predicted octanol–water partition coefficient (Wildman–Crippen LogP) is 5.21. The average molecular weight is 518 g/mol. The molecule has 5 rings (SSSR count). The van der Waals surface area contributed by atoms with E-state index in [4.69, 9.17) is 4.74 Å². The van der Waals surface area contributed by atoms with Crippen molar-refractivity contribution >= 4 is 33.3 Å². The third-order valence-corrected chi connectivity index (χ3v) is 8.79. The first-order valence-corrected chi connectivity index (χ1v) is 13.7. The Balaban J connectivity index is 1.54. The summed E-state index contributed by atoms with van der Waals surface area (Å²) in [6.45, 7) is 1.18. The van der Waals surface area contributed by atoms with Crippen LogP contribution in [-0.2, 0) is 10.0 Å². The fraction of sp³-hybridized carbons (Fsp3) is 0.333. The fourth-order valence-electron chi connectivity index (χ4n) is 5.00. The van der Waals surface area contributed by atoms with Gasteiger partial charge in [-0.1, -0.05) is 36.8 Å². The highest BCUT2D eigenvalue weighted by Crippen LogP contribution is 2.45. The number of ether oxygens (including phenoxy) is 1. The predicted molar refractivity (Wildman–Crippen MR) is 129 cm³/mol. The highest BCUT2D eigenvalue weighted by atomic mass is 32.2. The summed E-state index contributed by atoms with van der Waals surface area (Å²) in [6, 6.07) is 12.5. The molecule has 1 aromatic heterocycles. The Bertz CT molecular complexity index is 1320. The Kier molecular flexibility index (Phi) is 6.47. The lowest BCUT2D eigenvalue weighted by Crippen LogP contribution is -2.39. The van der Waals surface area contributed by atoms with Gasteiger partial charge in [0, 0.05) is 35.5 Å². The van der Waals surface area contributed by atoms with Crippen molar-refractivity contribution in [3.05, 3.63) is 70.3 Å². The van der Waals surface area contributed by atoms with Crippen LogP contribution in [0.2, 0.25) is 0 Å². The first-order chi connectivity index (χ1) is 16.9. The molecule has 0 radical (unpaired) electrons. The molecule has 11 heteroatoms. The summed E-state index contributed by atoms with van der Waals surface area (Å²) in [4.78, 5) is 17.2. The van der Waals surface area contributed by atoms with Crippen LogP contribution >= 0.6 is 11.3 Å². The maximum absolute atomic E-state index is 15.4. The lowest BCUT2D eigenvalue weighted by atomic mass is 9.89. The Hall–Kier alpha value is -3.02. The Morgan fingerprint density at radius 2 is 1.97 bits per heavy atom. The molecule has 1 fully saturated rings. The summed E-state index contributed by atoms with van der Waals surface area (Å²) in [5.74, 6) is -1.08. The smallest absolute Gasteiger partial charge is 0.427 e. The number of piperidine rings is 1. The normalized spacial score (nSPS) is 20.6. The molecule has 2 aromatic carbocycles. The van der Waals surface area contributed by atoms with Crippen molar-refractivity contribution < 1.29 is 27.4 Å². The molecule has 35 heavy (non-hydrogen) atoms. The number of amides is 1. The van der Waals surface area contributed by atoms with Gasteiger partial charge < -0.3 is 9.84 Å². The summed E-state index contributed by atoms with van der Waals surface area (Å²) >= 11 is 1.03. The number of rotatable bonds is 5. The molecule has 2 aliphatic rings. The highest BCUT2D eigenvalue weighted by Gasteiger charge is 2.39. The molecule has 1 amide bonds. The van der Waals surface area contributed by atoms with Gasteiger partial charge in [-0.15, -0.1) is 15.6 Å². The lowest BCUT2D eigenvalue weighted by Gasteiger charge is -2.43. The minimum atomic E-state index is -4.77. The van der Waals surface area contributed by atoms with Gasteiger partial charge in [-0.3, -0.25) is 4.90 Å². The summed E-state index contributed by atoms with van der Waals surface area (Å²) in [5, 5.41) is 10.8. The minimum absolute atomic E-state index is 0.0880. The van der Waals surface area contributed by atoms with Crippen LogP contribution in [0.4, 0.5) is 15.0 Å². The zero-order chi connectivity index (χ0) is 24.6. The van der Waals surface area contributed by atoms with Crippen LogP contribution in [0.5, 0.6) is 5.75 Å². The molecular formula is C24H24FN3O5S2. The van der Waals surface area contributed by atoms with Crippen LogP contribution < -0.4 is 9.04 Å². The van der Waals surface area contributed by atoms with Crippen molar-refractivity contribution in [2.45, 2.75) is 42.7 Å². The number of hydrogen-bond donors (Lipinski definition) is 1. The Labute approximate surface area is 206 Å². The van der Waals surface area contributed by atoms with Crippen molar-refractivity contribution in [2.24, 2.45) is 0 Å². The molecule has 1 saturated heterocycles. The molecule has 0 aliphatic carbocycles. The van der Waals surface area contributed by atoms with Gasteiger partial charge in [-0.05, 0) is 31.0 Å². The standard InChI is InChI=1S/C24H24FN3O5S2/c25-18-12-17-20(27-10-5-4-8-19(27)16-6-2-1-3-7-16)9-11-33-21(17)13-22(18)35(31,32)28(24(29)30)23-14-34-15-26-23/h1-3,6-7,12-15,19-20H,4-5,8-11H2,(H,29,30). The van der Waals surface area contributed by atoms with Crippen LogP contribution in [0.1, 0.15) is 48.9 Å². The molecule has 3 aromatic rings. The highest BCUT2D eigenvalue weighted by molar-refractivity contribution is 7.93. The van der Waals surface area contributed by atoms with Crippen molar-refractivity contribution in [1.29, 1.82) is 0 Å². The van der Waals surface area contributed by atoms with E-state index in [1.54, 1.807) is 0 Å². The number of halogens is 1. The summed E-state index contributed by atoms with van der Waals surface area (Å²) in [5.41, 5.74) is 3.07. The van der Waals surface area contributed by atoms with Gasteiger partial charge in [-0.2, -0.15) is 0 Å². The molecule has 2 atom stereocenters. The van der Waals surface area contributed by atoms with Crippen LogP contribution in [0.25, 0.3) is 0 Å². The molecule has 0 saturated carbocycles. The molecule has 0 spiro atoms. The van der Waals surface area contributed by atoms with E-state index in [1.807, 2.05) is 18.2 Å². The lowest BCUT2D eigenvalue weighted by molar-refractivity contribution is 0.0665. The Morgan fingerprint density at radius 3 is 2.69 bits per heavy atom. The topological polar surface area (TPSA) is 100 Å². The molecule has 3 heterocycles. The van der Waals surface area contributed by atoms with Gasteiger partial charge in [0.15, 0.2) is 5.82 Å². The van der Waals surface area contributed by atoms with Gasteiger partial charge >= 0.3 is 6.09 Å². The molecular weight excluding hydrogens is 493 g/mol. The number of hydrogen-bond acceptors (Lipinski definition) is 7. The quantitative estimate of drug-likeness (QED) is 0.496. The maximum atomic E-state index is 15.4. The number of benzene rings is 2. The van der Waals surface area contributed by atoms with Gasteiger partial charge in [0.05, 0.1) is 12.1 Å². The first-order valence-electron chi connectivity index (χ1n) is 11.3. The van der Waals surface area contributed by atoms with Crippen molar-refractivity contribution in [3.63, 3.8) is 0 Å². The zero-order valence-electron chi connectivity index (χ0n) is 18.7. The van der Waals surface area contributed by atoms with Crippen LogP contribution in [0.15, 0.2) is 58.3 Å². The maximum Gasteiger partial charge on any atom is 0.427 e. The third kappa shape index (κ3) is 4.39. The zero-order valence-corrected chi connectivity index (χ0v) is 20.3. The summed E-state index contributed by atoms with van der Waals surface area (Å²) < 4.78 is 47.7. The number of sulfonamides is 1. The number of fused-ring (bicyclic) bond motifs is 1. The molecule has 1 N–H and O–H groups in total. The number of likely N-dealkylation sites (tertiary alicyclic amines) is 1. The molecule has 2 unspecified atom stereocenters. The molecule has 8 nitrogen and oxygen atoms in total. The van der Waals surface area contributed by atoms with Gasteiger partial charge in [-0.25, -0.2) is 22.6 Å². The average Bonchev–Trinajstić information content (AvgIpc) is 3.37. The SMILES string of the molecule is O=C(O)N(c1cscn1)S(=O)(=O)c1cc2c(cc1F)C(N1CCCCC1c1ccccc1)CCO2.